The molecule has 7 nitrogen and oxygen atoms in total. The topological polar surface area (TPSA) is 76.1 Å². The quantitative estimate of drug-likeness (QED) is 0.505. The van der Waals surface area contributed by atoms with Crippen molar-refractivity contribution in [1.29, 1.82) is 0 Å². The lowest BCUT2D eigenvalue weighted by molar-refractivity contribution is 0.107. The molecule has 0 aliphatic carbocycles. The molecule has 152 valence electrons. The first kappa shape index (κ1) is 19.0. The summed E-state index contributed by atoms with van der Waals surface area (Å²) in [6.07, 6.45) is 6.83. The van der Waals surface area contributed by atoms with Crippen molar-refractivity contribution in [3.63, 3.8) is 0 Å². The molecule has 1 atom stereocenters. The monoisotopic (exact) mass is 418 g/mol. The standard InChI is InChI=1S/C22H22N6OS/c1-29-17-7-11-28(14-17)13-15-4-10-24-20(12-15)27-22-26-19-3-2-18(25-21(19)30-22)16-5-8-23-9-6-16/h2-6,8-10,12,17H,7,11,13-14H2,1H3,(H,24,26,27). The van der Waals surface area contributed by atoms with Crippen molar-refractivity contribution >= 4 is 32.6 Å². The molecule has 8 heteroatoms. The first-order chi connectivity index (χ1) is 14.8. The minimum Gasteiger partial charge on any atom is -0.380 e. The third-order valence-electron chi connectivity index (χ3n) is 5.26. The molecule has 0 radical (unpaired) electrons. The van der Waals surface area contributed by atoms with E-state index in [4.69, 9.17) is 9.72 Å². The van der Waals surface area contributed by atoms with E-state index in [9.17, 15) is 0 Å². The summed E-state index contributed by atoms with van der Waals surface area (Å²) in [5.41, 5.74) is 4.06. The van der Waals surface area contributed by atoms with Crippen LogP contribution in [0.2, 0.25) is 0 Å². The van der Waals surface area contributed by atoms with Gasteiger partial charge in [-0.2, -0.15) is 0 Å². The van der Waals surface area contributed by atoms with Gasteiger partial charge in [0.25, 0.3) is 0 Å². The predicted octanol–water partition coefficient (Wildman–Crippen LogP) is 4.11. The fourth-order valence-electron chi connectivity index (χ4n) is 3.70. The van der Waals surface area contributed by atoms with Crippen LogP contribution in [0.5, 0.6) is 0 Å². The Bertz CT molecular complexity index is 1150. The number of hydrogen-bond acceptors (Lipinski definition) is 8. The largest absolute Gasteiger partial charge is 0.380 e. The van der Waals surface area contributed by atoms with E-state index < -0.39 is 0 Å². The van der Waals surface area contributed by atoms with E-state index in [0.29, 0.717) is 6.10 Å². The Labute approximate surface area is 178 Å². The maximum atomic E-state index is 5.46. The minimum atomic E-state index is 0.344. The second-order valence-electron chi connectivity index (χ2n) is 7.33. The van der Waals surface area contributed by atoms with Gasteiger partial charge in [0.2, 0.25) is 0 Å². The van der Waals surface area contributed by atoms with E-state index in [2.05, 4.69) is 37.3 Å². The van der Waals surface area contributed by atoms with Crippen LogP contribution in [-0.4, -0.2) is 51.1 Å². The zero-order valence-corrected chi connectivity index (χ0v) is 17.5. The number of nitrogens with one attached hydrogen (secondary N) is 1. The van der Waals surface area contributed by atoms with Crippen LogP contribution < -0.4 is 5.32 Å². The average Bonchev–Trinajstić information content (AvgIpc) is 3.40. The Balaban J connectivity index is 1.32. The lowest BCUT2D eigenvalue weighted by Crippen LogP contribution is -2.22. The zero-order valence-electron chi connectivity index (χ0n) is 16.7. The van der Waals surface area contributed by atoms with E-state index >= 15 is 0 Å². The summed E-state index contributed by atoms with van der Waals surface area (Å²) in [5, 5.41) is 4.13. The Morgan fingerprint density at radius 2 is 2.03 bits per heavy atom. The van der Waals surface area contributed by atoms with Gasteiger partial charge in [-0.1, -0.05) is 11.3 Å². The SMILES string of the molecule is COC1CCN(Cc2ccnc(Nc3nc4ccc(-c5ccncc5)nc4s3)c2)C1. The van der Waals surface area contributed by atoms with Crippen molar-refractivity contribution in [2.75, 3.05) is 25.5 Å². The summed E-state index contributed by atoms with van der Waals surface area (Å²) >= 11 is 1.53. The fraction of sp³-hybridized carbons (Fsp3) is 0.273. The Kier molecular flexibility index (Phi) is 5.35. The Morgan fingerprint density at radius 1 is 1.13 bits per heavy atom. The van der Waals surface area contributed by atoms with Crippen LogP contribution in [0.25, 0.3) is 21.6 Å². The van der Waals surface area contributed by atoms with Gasteiger partial charge in [0.1, 0.15) is 16.2 Å². The molecule has 1 aliphatic rings. The number of likely N-dealkylation sites (tertiary alicyclic amines) is 1. The Morgan fingerprint density at radius 3 is 2.87 bits per heavy atom. The van der Waals surface area contributed by atoms with Gasteiger partial charge in [-0.3, -0.25) is 9.88 Å². The van der Waals surface area contributed by atoms with Gasteiger partial charge < -0.3 is 10.1 Å². The number of thiazole rings is 1. The molecular weight excluding hydrogens is 396 g/mol. The second kappa shape index (κ2) is 8.43. The van der Waals surface area contributed by atoms with Crippen LogP contribution in [0.4, 0.5) is 10.9 Å². The molecule has 30 heavy (non-hydrogen) atoms. The lowest BCUT2D eigenvalue weighted by atomic mass is 10.2. The number of nitrogens with zero attached hydrogens (tertiary/aromatic N) is 5. The number of anilines is 2. The third-order valence-corrected chi connectivity index (χ3v) is 6.14. The summed E-state index contributed by atoms with van der Waals surface area (Å²) < 4.78 is 5.46. The summed E-state index contributed by atoms with van der Waals surface area (Å²) in [6.45, 7) is 2.94. The van der Waals surface area contributed by atoms with E-state index in [1.165, 1.54) is 16.9 Å². The first-order valence-corrected chi connectivity index (χ1v) is 10.7. The number of aromatic nitrogens is 4. The number of methoxy groups -OCH3 is 1. The van der Waals surface area contributed by atoms with Gasteiger partial charge in [-0.25, -0.2) is 15.0 Å². The molecule has 0 aromatic carbocycles. The third kappa shape index (κ3) is 4.16. The van der Waals surface area contributed by atoms with Crippen molar-refractivity contribution in [3.05, 3.63) is 60.6 Å². The van der Waals surface area contributed by atoms with Gasteiger partial charge in [-0.15, -0.1) is 0 Å². The number of ether oxygens (including phenoxy) is 1. The van der Waals surface area contributed by atoms with Crippen molar-refractivity contribution in [3.8, 4) is 11.3 Å². The highest BCUT2D eigenvalue weighted by atomic mass is 32.1. The maximum Gasteiger partial charge on any atom is 0.190 e. The van der Waals surface area contributed by atoms with Crippen LogP contribution in [0.15, 0.2) is 55.0 Å². The van der Waals surface area contributed by atoms with E-state index in [1.54, 1.807) is 19.5 Å². The molecule has 0 spiro atoms. The summed E-state index contributed by atoms with van der Waals surface area (Å²) in [7, 11) is 1.79. The lowest BCUT2D eigenvalue weighted by Gasteiger charge is -2.16. The van der Waals surface area contributed by atoms with Gasteiger partial charge >= 0.3 is 0 Å². The van der Waals surface area contributed by atoms with Gasteiger partial charge in [0, 0.05) is 50.9 Å². The molecule has 4 aromatic heterocycles. The highest BCUT2D eigenvalue weighted by Crippen LogP contribution is 2.29. The predicted molar refractivity (Wildman–Crippen MR) is 119 cm³/mol. The molecule has 1 unspecified atom stereocenters. The normalized spacial score (nSPS) is 16.9. The smallest absolute Gasteiger partial charge is 0.190 e. The number of hydrogen-bond donors (Lipinski definition) is 1. The second-order valence-corrected chi connectivity index (χ2v) is 8.31. The average molecular weight is 419 g/mol. The molecule has 0 bridgehead atoms. The van der Waals surface area contributed by atoms with Crippen LogP contribution >= 0.6 is 11.3 Å². The molecule has 1 N–H and O–H groups in total. The van der Waals surface area contributed by atoms with E-state index in [1.807, 2.05) is 30.5 Å². The van der Waals surface area contributed by atoms with Gasteiger partial charge in [-0.05, 0) is 48.4 Å². The molecular formula is C22H22N6OS. The minimum absolute atomic E-state index is 0.344. The van der Waals surface area contributed by atoms with Crippen molar-refractivity contribution in [2.24, 2.45) is 0 Å². The maximum absolute atomic E-state index is 5.46. The molecule has 1 saturated heterocycles. The highest BCUT2D eigenvalue weighted by molar-refractivity contribution is 7.21. The number of rotatable bonds is 6. The van der Waals surface area contributed by atoms with Crippen molar-refractivity contribution in [2.45, 2.75) is 19.1 Å². The van der Waals surface area contributed by atoms with Gasteiger partial charge in [0.05, 0.1) is 11.8 Å². The van der Waals surface area contributed by atoms with Crippen LogP contribution in [-0.2, 0) is 11.3 Å². The summed E-state index contributed by atoms with van der Waals surface area (Å²) in [5.74, 6) is 0.795. The molecule has 0 amide bonds. The van der Waals surface area contributed by atoms with Crippen LogP contribution in [0.3, 0.4) is 0 Å². The van der Waals surface area contributed by atoms with E-state index in [0.717, 1.165) is 58.6 Å². The molecule has 4 aromatic rings. The highest BCUT2D eigenvalue weighted by Gasteiger charge is 2.21. The molecule has 1 fully saturated rings. The van der Waals surface area contributed by atoms with Crippen molar-refractivity contribution in [1.82, 2.24) is 24.8 Å². The molecule has 0 saturated carbocycles. The summed E-state index contributed by atoms with van der Waals surface area (Å²) in [6, 6.07) is 12.1. The van der Waals surface area contributed by atoms with Crippen molar-refractivity contribution < 1.29 is 4.74 Å². The number of pyridine rings is 3. The summed E-state index contributed by atoms with van der Waals surface area (Å²) in [4.78, 5) is 21.3. The van der Waals surface area contributed by atoms with Gasteiger partial charge in [0.15, 0.2) is 5.13 Å². The zero-order chi connectivity index (χ0) is 20.3. The Hall–Kier alpha value is -2.94. The molecule has 1 aliphatic heterocycles. The fourth-order valence-corrected chi connectivity index (χ4v) is 4.54. The molecule has 5 heterocycles. The van der Waals surface area contributed by atoms with Crippen LogP contribution in [0, 0.1) is 0 Å². The molecule has 5 rings (SSSR count). The first-order valence-electron chi connectivity index (χ1n) is 9.92. The number of fused-ring (bicyclic) bond motifs is 1. The van der Waals surface area contributed by atoms with Crippen LogP contribution in [0.1, 0.15) is 12.0 Å². The van der Waals surface area contributed by atoms with E-state index in [-0.39, 0.29) is 0 Å².